The topological polar surface area (TPSA) is 76.9 Å². The van der Waals surface area contributed by atoms with Crippen molar-refractivity contribution in [1.82, 2.24) is 14.5 Å². The lowest BCUT2D eigenvalue weighted by Gasteiger charge is -2.17. The third-order valence-electron chi connectivity index (χ3n) is 5.51. The maximum absolute atomic E-state index is 13.7. The Bertz CT molecular complexity index is 1360. The maximum atomic E-state index is 13.7. The highest BCUT2D eigenvalue weighted by Crippen LogP contribution is 2.37. The van der Waals surface area contributed by atoms with Crippen molar-refractivity contribution >= 4 is 55.7 Å². The summed E-state index contributed by atoms with van der Waals surface area (Å²) >= 11 is 4.30. The summed E-state index contributed by atoms with van der Waals surface area (Å²) in [6.07, 6.45) is 3.01. The van der Waals surface area contributed by atoms with Crippen molar-refractivity contribution in [2.24, 2.45) is 5.92 Å². The number of hydrogen-bond acceptors (Lipinski definition) is 7. The summed E-state index contributed by atoms with van der Waals surface area (Å²) < 4.78 is 1.65. The number of thiophene rings is 1. The van der Waals surface area contributed by atoms with E-state index in [4.69, 9.17) is 4.98 Å². The number of hydrogen-bond donors (Lipinski definition) is 1. The first-order chi connectivity index (χ1) is 15.5. The first-order valence-corrected chi connectivity index (χ1v) is 13.1. The van der Waals surface area contributed by atoms with Gasteiger partial charge in [-0.15, -0.1) is 22.7 Å². The number of benzene rings is 1. The molecule has 0 saturated carbocycles. The summed E-state index contributed by atoms with van der Waals surface area (Å²) in [4.78, 5) is 37.4. The van der Waals surface area contributed by atoms with Gasteiger partial charge in [0.1, 0.15) is 4.83 Å². The van der Waals surface area contributed by atoms with E-state index in [1.165, 1.54) is 33.5 Å². The largest absolute Gasteiger partial charge is 0.301 e. The van der Waals surface area contributed by atoms with Gasteiger partial charge < -0.3 is 5.32 Å². The SMILES string of the molecule is Cc1csc(NC(=O)CSc2nc3sc4c(c3c(=O)n2-c2ccccc2)CCC(C)C4)n1. The van der Waals surface area contributed by atoms with Crippen LogP contribution in [0, 0.1) is 12.8 Å². The van der Waals surface area contributed by atoms with E-state index in [0.717, 1.165) is 40.9 Å². The third-order valence-corrected chi connectivity index (χ3v) is 8.47. The molecule has 0 spiro atoms. The molecule has 9 heteroatoms. The Morgan fingerprint density at radius 2 is 2.09 bits per heavy atom. The molecule has 0 saturated heterocycles. The van der Waals surface area contributed by atoms with Gasteiger partial charge in [0.25, 0.3) is 5.56 Å². The molecule has 6 nitrogen and oxygen atoms in total. The van der Waals surface area contributed by atoms with Crippen LogP contribution < -0.4 is 10.9 Å². The van der Waals surface area contributed by atoms with Crippen LogP contribution in [-0.4, -0.2) is 26.2 Å². The van der Waals surface area contributed by atoms with Crippen molar-refractivity contribution in [1.29, 1.82) is 0 Å². The van der Waals surface area contributed by atoms with Crippen LogP contribution >= 0.6 is 34.4 Å². The second-order valence-electron chi connectivity index (χ2n) is 8.03. The van der Waals surface area contributed by atoms with Crippen molar-refractivity contribution in [2.75, 3.05) is 11.1 Å². The summed E-state index contributed by atoms with van der Waals surface area (Å²) in [5.41, 5.74) is 2.75. The lowest BCUT2D eigenvalue weighted by molar-refractivity contribution is -0.113. The molecule has 0 aliphatic heterocycles. The van der Waals surface area contributed by atoms with E-state index in [9.17, 15) is 9.59 Å². The van der Waals surface area contributed by atoms with Crippen LogP contribution in [0.5, 0.6) is 0 Å². The molecule has 3 heterocycles. The molecule has 4 aromatic rings. The first kappa shape index (κ1) is 21.4. The van der Waals surface area contributed by atoms with Crippen LogP contribution in [0.25, 0.3) is 15.9 Å². The van der Waals surface area contributed by atoms with Gasteiger partial charge in [-0.25, -0.2) is 9.97 Å². The number of rotatable bonds is 5. The van der Waals surface area contributed by atoms with Crippen LogP contribution in [0.4, 0.5) is 5.13 Å². The van der Waals surface area contributed by atoms with E-state index >= 15 is 0 Å². The average molecular weight is 483 g/mol. The predicted molar refractivity (Wildman–Crippen MR) is 133 cm³/mol. The molecule has 1 amide bonds. The molecule has 32 heavy (non-hydrogen) atoms. The number of thiazole rings is 1. The van der Waals surface area contributed by atoms with E-state index in [2.05, 4.69) is 17.2 Å². The smallest absolute Gasteiger partial charge is 0.267 e. The number of carbonyl (C=O) groups excluding carboxylic acids is 1. The maximum Gasteiger partial charge on any atom is 0.267 e. The second-order valence-corrected chi connectivity index (χ2v) is 10.9. The molecule has 1 unspecified atom stereocenters. The second kappa shape index (κ2) is 8.80. The third kappa shape index (κ3) is 4.12. The van der Waals surface area contributed by atoms with Gasteiger partial charge in [0.15, 0.2) is 10.3 Å². The molecule has 5 rings (SSSR count). The molecule has 0 bridgehead atoms. The normalized spacial score (nSPS) is 15.6. The van der Waals surface area contributed by atoms with E-state index in [0.29, 0.717) is 16.2 Å². The quantitative estimate of drug-likeness (QED) is 0.318. The van der Waals surface area contributed by atoms with E-state index in [-0.39, 0.29) is 17.2 Å². The number of aryl methyl sites for hydroxylation is 2. The number of thioether (sulfide) groups is 1. The molecule has 0 radical (unpaired) electrons. The molecule has 1 atom stereocenters. The molecule has 1 aliphatic carbocycles. The first-order valence-electron chi connectivity index (χ1n) is 10.5. The van der Waals surface area contributed by atoms with Gasteiger partial charge >= 0.3 is 0 Å². The summed E-state index contributed by atoms with van der Waals surface area (Å²) in [5, 5.41) is 6.57. The summed E-state index contributed by atoms with van der Waals surface area (Å²) in [7, 11) is 0. The zero-order valence-corrected chi connectivity index (χ0v) is 20.2. The highest BCUT2D eigenvalue weighted by molar-refractivity contribution is 7.99. The minimum Gasteiger partial charge on any atom is -0.301 e. The summed E-state index contributed by atoms with van der Waals surface area (Å²) in [6.45, 7) is 4.15. The molecule has 1 aliphatic rings. The zero-order valence-electron chi connectivity index (χ0n) is 17.8. The lowest BCUT2D eigenvalue weighted by Crippen LogP contribution is -2.23. The lowest BCUT2D eigenvalue weighted by atomic mass is 9.89. The van der Waals surface area contributed by atoms with Crippen LogP contribution in [0.3, 0.4) is 0 Å². The van der Waals surface area contributed by atoms with Gasteiger partial charge in [-0.1, -0.05) is 36.9 Å². The van der Waals surface area contributed by atoms with Crippen LogP contribution in [-0.2, 0) is 17.6 Å². The number of anilines is 1. The Morgan fingerprint density at radius 1 is 1.28 bits per heavy atom. The van der Waals surface area contributed by atoms with Crippen molar-refractivity contribution in [2.45, 2.75) is 38.3 Å². The number of aromatic nitrogens is 3. The predicted octanol–water partition coefficient (Wildman–Crippen LogP) is 5.07. The standard InChI is InChI=1S/C23H22N4O2S3/c1-13-8-9-16-17(10-13)32-20-19(16)21(29)27(15-6-4-3-5-7-15)23(26-20)31-12-18(28)25-22-24-14(2)11-30-22/h3-7,11,13H,8-10,12H2,1-2H3,(H,24,25,28). The molecule has 164 valence electrons. The minimum atomic E-state index is -0.169. The van der Waals surface area contributed by atoms with Crippen LogP contribution in [0.15, 0.2) is 45.7 Å². The van der Waals surface area contributed by atoms with Crippen molar-refractivity contribution < 1.29 is 4.79 Å². The molecular weight excluding hydrogens is 460 g/mol. The zero-order chi connectivity index (χ0) is 22.2. The molecule has 1 N–H and O–H groups in total. The number of carbonyl (C=O) groups is 1. The van der Waals surface area contributed by atoms with Crippen molar-refractivity contribution in [3.8, 4) is 5.69 Å². The Morgan fingerprint density at radius 3 is 2.84 bits per heavy atom. The highest BCUT2D eigenvalue weighted by Gasteiger charge is 2.25. The fourth-order valence-corrected chi connectivity index (χ4v) is 6.91. The van der Waals surface area contributed by atoms with Crippen molar-refractivity contribution in [3.63, 3.8) is 0 Å². The molecule has 1 aromatic carbocycles. The molecule has 3 aromatic heterocycles. The van der Waals surface area contributed by atoms with E-state index < -0.39 is 0 Å². The summed E-state index contributed by atoms with van der Waals surface area (Å²) in [5.74, 6) is 0.600. The number of para-hydroxylation sites is 1. The Hall–Kier alpha value is -2.49. The molecule has 0 fully saturated rings. The van der Waals surface area contributed by atoms with E-state index in [1.807, 2.05) is 42.6 Å². The van der Waals surface area contributed by atoms with Crippen LogP contribution in [0.2, 0.25) is 0 Å². The number of amides is 1. The van der Waals surface area contributed by atoms with Crippen LogP contribution in [0.1, 0.15) is 29.5 Å². The van der Waals surface area contributed by atoms with Gasteiger partial charge in [0.2, 0.25) is 5.91 Å². The Labute approximate surface area is 197 Å². The number of nitrogens with zero attached hydrogens (tertiary/aromatic N) is 3. The number of nitrogens with one attached hydrogen (secondary N) is 1. The highest BCUT2D eigenvalue weighted by atomic mass is 32.2. The van der Waals surface area contributed by atoms with Gasteiger partial charge in [-0.05, 0) is 49.8 Å². The monoisotopic (exact) mass is 482 g/mol. The van der Waals surface area contributed by atoms with E-state index in [1.54, 1.807) is 15.9 Å². The average Bonchev–Trinajstić information content (AvgIpc) is 3.35. The molecular formula is C23H22N4O2S3. The fraction of sp³-hybridized carbons (Fsp3) is 0.304. The van der Waals surface area contributed by atoms with Gasteiger partial charge in [-0.3, -0.25) is 14.2 Å². The van der Waals surface area contributed by atoms with Crippen molar-refractivity contribution in [3.05, 3.63) is 62.2 Å². The minimum absolute atomic E-state index is 0.0493. The van der Waals surface area contributed by atoms with Gasteiger partial charge in [0, 0.05) is 10.3 Å². The van der Waals surface area contributed by atoms with Gasteiger partial charge in [-0.2, -0.15) is 0 Å². The Kier molecular flexibility index (Phi) is 5.88. The van der Waals surface area contributed by atoms with Gasteiger partial charge in [0.05, 0.1) is 22.5 Å². The fourth-order valence-electron chi connectivity index (χ4n) is 3.97. The Balaban J connectivity index is 1.53. The summed E-state index contributed by atoms with van der Waals surface area (Å²) in [6, 6.07) is 9.53. The number of fused-ring (bicyclic) bond motifs is 3.